The molecule has 1 aromatic heterocycles. The molecule has 0 saturated carbocycles. The Labute approximate surface area is 164 Å². The number of primary sulfonamides is 1. The summed E-state index contributed by atoms with van der Waals surface area (Å²) < 4.78 is 53.8. The van der Waals surface area contributed by atoms with E-state index in [0.29, 0.717) is 16.5 Å². The Morgan fingerprint density at radius 2 is 1.68 bits per heavy atom. The lowest BCUT2D eigenvalue weighted by molar-refractivity contribution is 0.228. The number of hydrogen-bond donors (Lipinski definition) is 1. The first-order valence-electron chi connectivity index (χ1n) is 8.47. The van der Waals surface area contributed by atoms with Gasteiger partial charge in [-0.25, -0.2) is 13.6 Å². The number of fused-ring (bicyclic) bond motifs is 1. The minimum Gasteiger partial charge on any atom is -0.263 e. The van der Waals surface area contributed by atoms with Crippen LogP contribution in [-0.2, 0) is 30.7 Å². The Morgan fingerprint density at radius 3 is 2.32 bits per heavy atom. The second-order valence-corrected chi connectivity index (χ2v) is 9.63. The molecule has 7 nitrogen and oxygen atoms in total. The number of aromatic nitrogens is 1. The monoisotopic (exact) mass is 420 g/mol. The molecule has 0 aliphatic carbocycles. The molecule has 0 bridgehead atoms. The smallest absolute Gasteiger partial charge is 0.263 e. The van der Waals surface area contributed by atoms with Crippen LogP contribution in [0.2, 0.25) is 0 Å². The van der Waals surface area contributed by atoms with Crippen molar-refractivity contribution in [1.82, 2.24) is 4.98 Å². The predicted octanol–water partition coefficient (Wildman–Crippen LogP) is 2.53. The Hall–Kier alpha value is -2.33. The minimum absolute atomic E-state index is 0.00509. The van der Waals surface area contributed by atoms with Crippen LogP contribution in [0.1, 0.15) is 18.2 Å². The van der Waals surface area contributed by atoms with Crippen molar-refractivity contribution in [3.63, 3.8) is 0 Å². The molecule has 9 heteroatoms. The summed E-state index contributed by atoms with van der Waals surface area (Å²) in [6.07, 6.45) is 0.937. The summed E-state index contributed by atoms with van der Waals surface area (Å²) in [6.45, 7) is 3.48. The summed E-state index contributed by atoms with van der Waals surface area (Å²) in [7, 11) is -7.82. The highest BCUT2D eigenvalue weighted by Crippen LogP contribution is 2.25. The van der Waals surface area contributed by atoms with E-state index in [2.05, 4.69) is 4.98 Å². The largest absolute Gasteiger partial charge is 0.297 e. The number of hydrogen-bond acceptors (Lipinski definition) is 6. The van der Waals surface area contributed by atoms with Crippen LogP contribution in [-0.4, -0.2) is 27.9 Å². The molecule has 3 aromatic rings. The molecule has 2 N–H and O–H groups in total. The average Bonchev–Trinajstić information content (AvgIpc) is 2.60. The Kier molecular flexibility index (Phi) is 5.53. The molecule has 2 aromatic carbocycles. The van der Waals surface area contributed by atoms with Gasteiger partial charge in [0.2, 0.25) is 10.0 Å². The van der Waals surface area contributed by atoms with Crippen LogP contribution >= 0.6 is 0 Å². The van der Waals surface area contributed by atoms with Gasteiger partial charge in [-0.2, -0.15) is 8.42 Å². The quantitative estimate of drug-likeness (QED) is 0.613. The van der Waals surface area contributed by atoms with Crippen molar-refractivity contribution in [2.75, 3.05) is 0 Å². The van der Waals surface area contributed by atoms with Gasteiger partial charge in [-0.1, -0.05) is 29.8 Å². The van der Waals surface area contributed by atoms with E-state index in [1.165, 1.54) is 24.4 Å². The summed E-state index contributed by atoms with van der Waals surface area (Å²) >= 11 is 0. The number of benzene rings is 2. The van der Waals surface area contributed by atoms with E-state index in [1.54, 1.807) is 37.3 Å². The normalized spacial score (nSPS) is 13.5. The minimum atomic E-state index is -3.92. The molecule has 0 amide bonds. The number of nitrogens with two attached hydrogens (primary N) is 1. The molecule has 1 atom stereocenters. The van der Waals surface area contributed by atoms with E-state index in [-0.39, 0.29) is 16.2 Å². The number of pyridine rings is 1. The SMILES string of the molecule is Cc1ccc(S(=O)(=O)OC(C)Cc2nccc3c(S(N)(=O)=O)cccc23)cc1. The highest BCUT2D eigenvalue weighted by molar-refractivity contribution is 7.89. The van der Waals surface area contributed by atoms with Crippen molar-refractivity contribution in [3.05, 3.63) is 66.0 Å². The molecule has 0 fully saturated rings. The van der Waals surface area contributed by atoms with Crippen molar-refractivity contribution in [1.29, 1.82) is 0 Å². The summed E-state index contributed by atoms with van der Waals surface area (Å²) in [5.41, 5.74) is 1.47. The lowest BCUT2D eigenvalue weighted by Gasteiger charge is -2.15. The fourth-order valence-corrected chi connectivity index (χ4v) is 4.77. The van der Waals surface area contributed by atoms with Crippen LogP contribution in [0.5, 0.6) is 0 Å². The van der Waals surface area contributed by atoms with E-state index in [9.17, 15) is 16.8 Å². The molecule has 148 valence electrons. The van der Waals surface area contributed by atoms with Crippen LogP contribution in [0.4, 0.5) is 0 Å². The molecule has 28 heavy (non-hydrogen) atoms. The number of rotatable bonds is 6. The van der Waals surface area contributed by atoms with Gasteiger partial charge in [-0.05, 0) is 38.1 Å². The standard InChI is InChI=1S/C19H20N2O5S2/c1-13-6-8-15(9-7-13)28(24,25)26-14(2)12-18-16-4-3-5-19(27(20,22)23)17(16)10-11-21-18/h3-11,14H,12H2,1-2H3,(H2,20,22,23). The van der Waals surface area contributed by atoms with Crippen LogP contribution in [0.3, 0.4) is 0 Å². The van der Waals surface area contributed by atoms with Gasteiger partial charge in [-0.15, -0.1) is 0 Å². The van der Waals surface area contributed by atoms with Crippen LogP contribution in [0.25, 0.3) is 10.8 Å². The first kappa shape index (κ1) is 20.4. The second kappa shape index (κ2) is 7.59. The van der Waals surface area contributed by atoms with Crippen molar-refractivity contribution < 1.29 is 21.0 Å². The van der Waals surface area contributed by atoms with Gasteiger partial charge in [0.05, 0.1) is 21.6 Å². The molecule has 1 unspecified atom stereocenters. The van der Waals surface area contributed by atoms with E-state index >= 15 is 0 Å². The molecule has 0 spiro atoms. The third-order valence-corrected chi connectivity index (χ3v) is 6.64. The number of aryl methyl sites for hydroxylation is 1. The summed E-state index contributed by atoms with van der Waals surface area (Å²) in [6, 6.07) is 12.6. The second-order valence-electron chi connectivity index (χ2n) is 6.53. The van der Waals surface area contributed by atoms with Gasteiger partial charge in [0.1, 0.15) is 0 Å². The van der Waals surface area contributed by atoms with Crippen molar-refractivity contribution in [2.24, 2.45) is 5.14 Å². The van der Waals surface area contributed by atoms with Crippen LogP contribution < -0.4 is 5.14 Å². The third-order valence-electron chi connectivity index (χ3n) is 4.24. The first-order chi connectivity index (χ1) is 13.1. The Bertz CT molecular complexity index is 1220. The molecular weight excluding hydrogens is 400 g/mol. The topological polar surface area (TPSA) is 116 Å². The van der Waals surface area contributed by atoms with Crippen molar-refractivity contribution in [3.8, 4) is 0 Å². The predicted molar refractivity (Wildman–Crippen MR) is 106 cm³/mol. The van der Waals surface area contributed by atoms with Gasteiger partial charge in [0, 0.05) is 23.4 Å². The Morgan fingerprint density at radius 1 is 1.00 bits per heavy atom. The highest BCUT2D eigenvalue weighted by Gasteiger charge is 2.21. The molecule has 1 heterocycles. The summed E-state index contributed by atoms with van der Waals surface area (Å²) in [4.78, 5) is 4.35. The van der Waals surface area contributed by atoms with Crippen molar-refractivity contribution >= 4 is 30.9 Å². The van der Waals surface area contributed by atoms with Crippen LogP contribution in [0, 0.1) is 6.92 Å². The van der Waals surface area contributed by atoms with Crippen LogP contribution in [0.15, 0.2) is 64.5 Å². The first-order valence-corrected chi connectivity index (χ1v) is 11.4. The average molecular weight is 421 g/mol. The molecule has 3 rings (SSSR count). The maximum absolute atomic E-state index is 12.5. The molecule has 0 saturated heterocycles. The van der Waals surface area contributed by atoms with E-state index in [4.69, 9.17) is 9.32 Å². The highest BCUT2D eigenvalue weighted by atomic mass is 32.2. The van der Waals surface area contributed by atoms with Crippen molar-refractivity contribution in [2.45, 2.75) is 36.2 Å². The maximum Gasteiger partial charge on any atom is 0.297 e. The molecule has 0 aliphatic heterocycles. The van der Waals surface area contributed by atoms with Gasteiger partial charge >= 0.3 is 0 Å². The van der Waals surface area contributed by atoms with E-state index in [0.717, 1.165) is 5.56 Å². The zero-order valence-electron chi connectivity index (χ0n) is 15.4. The van der Waals surface area contributed by atoms with E-state index < -0.39 is 26.2 Å². The van der Waals surface area contributed by atoms with Gasteiger partial charge in [0.25, 0.3) is 10.1 Å². The third kappa shape index (κ3) is 4.39. The zero-order chi connectivity index (χ0) is 20.5. The lowest BCUT2D eigenvalue weighted by atomic mass is 10.1. The summed E-state index contributed by atoms with van der Waals surface area (Å²) in [5.74, 6) is 0. The zero-order valence-corrected chi connectivity index (χ0v) is 17.0. The van der Waals surface area contributed by atoms with Gasteiger partial charge in [0.15, 0.2) is 0 Å². The lowest BCUT2D eigenvalue weighted by Crippen LogP contribution is -2.19. The fourth-order valence-electron chi connectivity index (χ4n) is 2.93. The van der Waals surface area contributed by atoms with E-state index in [1.807, 2.05) is 6.92 Å². The fraction of sp³-hybridized carbons (Fsp3) is 0.211. The number of nitrogens with zero attached hydrogens (tertiary/aromatic N) is 1. The maximum atomic E-state index is 12.5. The Balaban J connectivity index is 1.89. The molecule has 0 radical (unpaired) electrons. The molecular formula is C19H20N2O5S2. The molecule has 0 aliphatic rings. The number of sulfonamides is 1. The van der Waals surface area contributed by atoms with Gasteiger partial charge < -0.3 is 0 Å². The summed E-state index contributed by atoms with van der Waals surface area (Å²) in [5, 5.41) is 6.29. The van der Waals surface area contributed by atoms with Gasteiger partial charge in [-0.3, -0.25) is 9.17 Å².